The molecule has 0 fully saturated rings. The van der Waals surface area contributed by atoms with E-state index in [9.17, 15) is 9.18 Å². The molecule has 0 N–H and O–H groups in total. The van der Waals surface area contributed by atoms with Gasteiger partial charge in [0.15, 0.2) is 11.0 Å². The van der Waals surface area contributed by atoms with Gasteiger partial charge in [-0.05, 0) is 51.1 Å². The lowest BCUT2D eigenvalue weighted by Gasteiger charge is -2.21. The molecule has 1 aromatic heterocycles. The lowest BCUT2D eigenvalue weighted by molar-refractivity contribution is -0.127. The van der Waals surface area contributed by atoms with Gasteiger partial charge in [-0.3, -0.25) is 4.79 Å². The van der Waals surface area contributed by atoms with Crippen molar-refractivity contribution in [2.75, 3.05) is 30.8 Å². The molecule has 0 spiro atoms. The molecule has 8 heteroatoms. The molecule has 0 bridgehead atoms. The van der Waals surface area contributed by atoms with E-state index in [1.807, 2.05) is 11.5 Å². The zero-order valence-corrected chi connectivity index (χ0v) is 19.9. The van der Waals surface area contributed by atoms with Crippen molar-refractivity contribution in [2.24, 2.45) is 0 Å². The van der Waals surface area contributed by atoms with Gasteiger partial charge in [0.25, 0.3) is 0 Å². The van der Waals surface area contributed by atoms with Crippen LogP contribution in [0.5, 0.6) is 0 Å². The van der Waals surface area contributed by atoms with Crippen LogP contribution in [0.2, 0.25) is 0 Å². The van der Waals surface area contributed by atoms with Gasteiger partial charge in [0.1, 0.15) is 5.82 Å². The van der Waals surface area contributed by atoms with E-state index in [1.54, 1.807) is 25.2 Å². The molecule has 1 heterocycles. The number of carbonyl (C=O) groups is 1. The van der Waals surface area contributed by atoms with Gasteiger partial charge in [0.05, 0.1) is 5.75 Å². The summed E-state index contributed by atoms with van der Waals surface area (Å²) in [5.41, 5.74) is 2.67. The lowest BCUT2D eigenvalue weighted by atomic mass is 10.2. The topological polar surface area (TPSA) is 54.3 Å². The Kier molecular flexibility index (Phi) is 8.27. The van der Waals surface area contributed by atoms with Crippen LogP contribution in [0, 0.1) is 5.82 Å². The molecule has 0 aliphatic rings. The number of nitrogens with zero attached hydrogens (tertiary/aromatic N) is 5. The molecule has 170 valence electrons. The first-order chi connectivity index (χ1) is 15.5. The van der Waals surface area contributed by atoms with Crippen LogP contribution < -0.4 is 4.90 Å². The number of hydrogen-bond donors (Lipinski definition) is 0. The van der Waals surface area contributed by atoms with Crippen molar-refractivity contribution in [3.05, 3.63) is 59.9 Å². The molecule has 0 atom stereocenters. The van der Waals surface area contributed by atoms with E-state index in [2.05, 4.69) is 53.2 Å². The van der Waals surface area contributed by atoms with Crippen LogP contribution in [-0.2, 0) is 17.9 Å². The number of rotatable bonds is 10. The Bertz CT molecular complexity index is 1030. The Balaban J connectivity index is 1.67. The van der Waals surface area contributed by atoms with E-state index < -0.39 is 0 Å². The van der Waals surface area contributed by atoms with Gasteiger partial charge in [-0.25, -0.2) is 4.39 Å². The third kappa shape index (κ3) is 5.48. The van der Waals surface area contributed by atoms with Gasteiger partial charge in [-0.2, -0.15) is 0 Å². The largest absolute Gasteiger partial charge is 0.372 e. The van der Waals surface area contributed by atoms with Gasteiger partial charge in [0, 0.05) is 50.0 Å². The van der Waals surface area contributed by atoms with Crippen LogP contribution >= 0.6 is 11.8 Å². The maximum Gasteiger partial charge on any atom is 0.233 e. The lowest BCUT2D eigenvalue weighted by Crippen LogP contribution is -2.28. The SMILES string of the molecule is CCN(CC)c1ccc(-c2nnc(SCC(=O)N(C)Cc3ccccc3F)n2CC)cc1. The second-order valence-electron chi connectivity index (χ2n) is 7.40. The first-order valence-corrected chi connectivity index (χ1v) is 11.9. The summed E-state index contributed by atoms with van der Waals surface area (Å²) >= 11 is 1.35. The van der Waals surface area contributed by atoms with Gasteiger partial charge < -0.3 is 14.4 Å². The standard InChI is InChI=1S/C24H30FN5OS/c1-5-29(6-2)20-14-12-18(13-15-20)23-26-27-24(30(23)7-3)32-17-22(31)28(4)16-19-10-8-9-11-21(19)25/h8-15H,5-7,16-17H2,1-4H3. The highest BCUT2D eigenvalue weighted by Gasteiger charge is 2.17. The highest BCUT2D eigenvalue weighted by atomic mass is 32.2. The number of amides is 1. The normalized spacial score (nSPS) is 10.9. The molecule has 1 amide bonds. The van der Waals surface area contributed by atoms with Crippen molar-refractivity contribution < 1.29 is 9.18 Å². The van der Waals surface area contributed by atoms with Crippen LogP contribution in [0.25, 0.3) is 11.4 Å². The Morgan fingerprint density at radius 1 is 1.03 bits per heavy atom. The first kappa shape index (κ1) is 23.8. The molecule has 3 aromatic rings. The quantitative estimate of drug-likeness (QED) is 0.415. The molecular formula is C24H30FN5OS. The van der Waals surface area contributed by atoms with E-state index in [4.69, 9.17) is 0 Å². The maximum absolute atomic E-state index is 13.9. The van der Waals surface area contributed by atoms with Crippen LogP contribution in [0.3, 0.4) is 0 Å². The van der Waals surface area contributed by atoms with Crippen LogP contribution in [0.1, 0.15) is 26.3 Å². The summed E-state index contributed by atoms with van der Waals surface area (Å²) in [6, 6.07) is 14.8. The molecule has 6 nitrogen and oxygen atoms in total. The summed E-state index contributed by atoms with van der Waals surface area (Å²) in [5, 5.41) is 9.39. The Labute approximate surface area is 193 Å². The maximum atomic E-state index is 13.9. The monoisotopic (exact) mass is 455 g/mol. The summed E-state index contributed by atoms with van der Waals surface area (Å²) in [6.07, 6.45) is 0. The van der Waals surface area contributed by atoms with Crippen molar-refractivity contribution in [1.29, 1.82) is 0 Å². The fourth-order valence-electron chi connectivity index (χ4n) is 3.51. The summed E-state index contributed by atoms with van der Waals surface area (Å²) in [4.78, 5) is 16.4. The molecule has 0 aliphatic carbocycles. The number of hydrogen-bond acceptors (Lipinski definition) is 5. The van der Waals surface area contributed by atoms with E-state index in [0.717, 1.165) is 24.5 Å². The van der Waals surface area contributed by atoms with E-state index in [-0.39, 0.29) is 24.0 Å². The van der Waals surface area contributed by atoms with Crippen molar-refractivity contribution in [3.63, 3.8) is 0 Å². The number of aromatic nitrogens is 3. The number of halogens is 1. The average Bonchev–Trinajstić information content (AvgIpc) is 3.23. The Hall–Kier alpha value is -2.87. The zero-order chi connectivity index (χ0) is 23.1. The summed E-state index contributed by atoms with van der Waals surface area (Å²) in [7, 11) is 1.68. The minimum atomic E-state index is -0.304. The molecule has 0 saturated carbocycles. The van der Waals surface area contributed by atoms with Crippen molar-refractivity contribution in [3.8, 4) is 11.4 Å². The summed E-state index contributed by atoms with van der Waals surface area (Å²) in [6.45, 7) is 9.17. The highest BCUT2D eigenvalue weighted by molar-refractivity contribution is 7.99. The molecule has 32 heavy (non-hydrogen) atoms. The molecule has 0 saturated heterocycles. The number of benzene rings is 2. The van der Waals surface area contributed by atoms with Crippen LogP contribution in [-0.4, -0.2) is 51.5 Å². The number of anilines is 1. The van der Waals surface area contributed by atoms with Crippen molar-refractivity contribution in [1.82, 2.24) is 19.7 Å². The summed E-state index contributed by atoms with van der Waals surface area (Å²) < 4.78 is 15.9. The van der Waals surface area contributed by atoms with Gasteiger partial charge in [-0.15, -0.1) is 10.2 Å². The van der Waals surface area contributed by atoms with E-state index in [0.29, 0.717) is 17.3 Å². The molecule has 0 unspecified atom stereocenters. The number of thioether (sulfide) groups is 1. The van der Waals surface area contributed by atoms with Crippen molar-refractivity contribution in [2.45, 2.75) is 39.0 Å². The smallest absolute Gasteiger partial charge is 0.233 e. The van der Waals surface area contributed by atoms with E-state index in [1.165, 1.54) is 28.4 Å². The fraction of sp³-hybridized carbons (Fsp3) is 0.375. The van der Waals surface area contributed by atoms with Gasteiger partial charge in [-0.1, -0.05) is 30.0 Å². The third-order valence-electron chi connectivity index (χ3n) is 5.40. The number of carbonyl (C=O) groups excluding carboxylic acids is 1. The molecular weight excluding hydrogens is 425 g/mol. The highest BCUT2D eigenvalue weighted by Crippen LogP contribution is 2.26. The predicted molar refractivity (Wildman–Crippen MR) is 128 cm³/mol. The predicted octanol–water partition coefficient (Wildman–Crippen LogP) is 4.70. The zero-order valence-electron chi connectivity index (χ0n) is 19.1. The fourth-order valence-corrected chi connectivity index (χ4v) is 4.45. The molecule has 0 radical (unpaired) electrons. The third-order valence-corrected chi connectivity index (χ3v) is 6.35. The summed E-state index contributed by atoms with van der Waals surface area (Å²) in [5.74, 6) is 0.605. The second-order valence-corrected chi connectivity index (χ2v) is 8.34. The van der Waals surface area contributed by atoms with Gasteiger partial charge in [0.2, 0.25) is 5.91 Å². The Morgan fingerprint density at radius 3 is 2.34 bits per heavy atom. The molecule has 2 aromatic carbocycles. The average molecular weight is 456 g/mol. The van der Waals surface area contributed by atoms with Crippen LogP contribution in [0.15, 0.2) is 53.7 Å². The van der Waals surface area contributed by atoms with Crippen LogP contribution in [0.4, 0.5) is 10.1 Å². The van der Waals surface area contributed by atoms with Crippen molar-refractivity contribution >= 4 is 23.4 Å². The minimum absolute atomic E-state index is 0.0889. The molecule has 3 rings (SSSR count). The minimum Gasteiger partial charge on any atom is -0.372 e. The van der Waals surface area contributed by atoms with Gasteiger partial charge >= 0.3 is 0 Å². The Morgan fingerprint density at radius 2 is 1.72 bits per heavy atom. The molecule has 0 aliphatic heterocycles. The first-order valence-electron chi connectivity index (χ1n) is 10.9. The van der Waals surface area contributed by atoms with E-state index >= 15 is 0 Å². The second kappa shape index (κ2) is 11.1.